The van der Waals surface area contributed by atoms with E-state index in [0.29, 0.717) is 11.4 Å². The average molecular weight is 394 g/mol. The highest BCUT2D eigenvalue weighted by Crippen LogP contribution is 2.19. The van der Waals surface area contributed by atoms with E-state index in [0.717, 1.165) is 22.4 Å². The third kappa shape index (κ3) is 4.87. The van der Waals surface area contributed by atoms with E-state index in [-0.39, 0.29) is 18.1 Å². The first-order valence-electron chi connectivity index (χ1n) is 9.21. The lowest BCUT2D eigenvalue weighted by atomic mass is 10.1. The van der Waals surface area contributed by atoms with Gasteiger partial charge in [-0.2, -0.15) is 0 Å². The molecule has 2 N–H and O–H groups in total. The minimum atomic E-state index is -0.449. The predicted molar refractivity (Wildman–Crippen MR) is 112 cm³/mol. The molecule has 0 saturated heterocycles. The Labute approximate surface area is 168 Å². The lowest BCUT2D eigenvalue weighted by Crippen LogP contribution is -2.30. The van der Waals surface area contributed by atoms with Crippen molar-refractivity contribution >= 4 is 23.2 Å². The summed E-state index contributed by atoms with van der Waals surface area (Å²) in [6.45, 7) is 7.23. The van der Waals surface area contributed by atoms with E-state index >= 15 is 0 Å². The zero-order chi connectivity index (χ0) is 21.1. The first kappa shape index (κ1) is 20.3. The van der Waals surface area contributed by atoms with Crippen LogP contribution in [0.1, 0.15) is 22.4 Å². The molecule has 6 nitrogen and oxygen atoms in total. The second kappa shape index (κ2) is 8.26. The molecule has 1 heterocycles. The van der Waals surface area contributed by atoms with Gasteiger partial charge in [0.05, 0.1) is 0 Å². The summed E-state index contributed by atoms with van der Waals surface area (Å²) in [6, 6.07) is 11.3. The standard InChI is InChI=1S/C22H23FN4O2/c1-13-6-8-18(9-15(13)3)25-22-24-16(4)10-21(29)27(22)12-20(28)26-19-11-17(23)7-5-14(19)2/h5-11H,12H2,1-4H3,(H,24,25)(H,26,28). The monoisotopic (exact) mass is 394 g/mol. The van der Waals surface area contributed by atoms with Crippen LogP contribution in [-0.4, -0.2) is 15.5 Å². The highest BCUT2D eigenvalue weighted by molar-refractivity contribution is 5.91. The molecule has 7 heteroatoms. The molecule has 0 aliphatic heterocycles. The molecular formula is C22H23FN4O2. The normalized spacial score (nSPS) is 10.7. The van der Waals surface area contributed by atoms with Gasteiger partial charge in [-0.3, -0.25) is 14.2 Å². The van der Waals surface area contributed by atoms with Gasteiger partial charge in [-0.1, -0.05) is 12.1 Å². The number of hydrogen-bond donors (Lipinski definition) is 2. The maximum Gasteiger partial charge on any atom is 0.255 e. The van der Waals surface area contributed by atoms with Crippen LogP contribution in [-0.2, 0) is 11.3 Å². The fourth-order valence-electron chi connectivity index (χ4n) is 2.88. The van der Waals surface area contributed by atoms with Crippen molar-refractivity contribution in [3.8, 4) is 0 Å². The molecule has 0 unspecified atom stereocenters. The summed E-state index contributed by atoms with van der Waals surface area (Å²) >= 11 is 0. The van der Waals surface area contributed by atoms with E-state index in [4.69, 9.17) is 0 Å². The Morgan fingerprint density at radius 1 is 1.00 bits per heavy atom. The summed E-state index contributed by atoms with van der Waals surface area (Å²) in [6.07, 6.45) is 0. The van der Waals surface area contributed by atoms with Crippen LogP contribution in [0, 0.1) is 33.5 Å². The Hall–Kier alpha value is -3.48. The van der Waals surface area contributed by atoms with E-state index in [1.165, 1.54) is 22.8 Å². The number of amides is 1. The van der Waals surface area contributed by atoms with E-state index in [2.05, 4.69) is 15.6 Å². The number of carbonyl (C=O) groups excluding carboxylic acids is 1. The molecule has 1 aromatic heterocycles. The Balaban J connectivity index is 1.88. The number of carbonyl (C=O) groups is 1. The molecule has 0 radical (unpaired) electrons. The zero-order valence-corrected chi connectivity index (χ0v) is 16.8. The van der Waals surface area contributed by atoms with Crippen molar-refractivity contribution in [1.29, 1.82) is 0 Å². The summed E-state index contributed by atoms with van der Waals surface area (Å²) in [7, 11) is 0. The van der Waals surface area contributed by atoms with Gasteiger partial charge in [0, 0.05) is 23.1 Å². The van der Waals surface area contributed by atoms with Crippen LogP contribution >= 0.6 is 0 Å². The van der Waals surface area contributed by atoms with Crippen LogP contribution < -0.4 is 16.2 Å². The van der Waals surface area contributed by atoms with Crippen molar-refractivity contribution in [2.75, 3.05) is 10.6 Å². The van der Waals surface area contributed by atoms with Gasteiger partial charge in [-0.05, 0) is 68.7 Å². The zero-order valence-electron chi connectivity index (χ0n) is 16.8. The van der Waals surface area contributed by atoms with Crippen molar-refractivity contribution in [3.05, 3.63) is 81.0 Å². The Bertz CT molecular complexity index is 1140. The summed E-state index contributed by atoms with van der Waals surface area (Å²) in [4.78, 5) is 29.4. The third-order valence-corrected chi connectivity index (χ3v) is 4.67. The molecule has 0 aliphatic rings. The van der Waals surface area contributed by atoms with Crippen molar-refractivity contribution in [2.45, 2.75) is 34.2 Å². The molecule has 0 atom stereocenters. The van der Waals surface area contributed by atoms with E-state index < -0.39 is 11.7 Å². The average Bonchev–Trinajstić information content (AvgIpc) is 2.64. The van der Waals surface area contributed by atoms with Gasteiger partial charge in [0.25, 0.3) is 5.56 Å². The SMILES string of the molecule is Cc1cc(=O)n(CC(=O)Nc2cc(F)ccc2C)c(Nc2ccc(C)c(C)c2)n1. The molecule has 2 aromatic carbocycles. The van der Waals surface area contributed by atoms with E-state index in [1.54, 1.807) is 19.9 Å². The molecule has 29 heavy (non-hydrogen) atoms. The number of aromatic nitrogens is 2. The lowest BCUT2D eigenvalue weighted by Gasteiger charge is -2.15. The molecule has 1 amide bonds. The molecule has 3 aromatic rings. The molecule has 150 valence electrons. The summed E-state index contributed by atoms with van der Waals surface area (Å²) in [5.74, 6) is -0.629. The Morgan fingerprint density at radius 3 is 2.45 bits per heavy atom. The van der Waals surface area contributed by atoms with Crippen molar-refractivity contribution < 1.29 is 9.18 Å². The van der Waals surface area contributed by atoms with Gasteiger partial charge in [-0.15, -0.1) is 0 Å². The molecule has 3 rings (SSSR count). The first-order chi connectivity index (χ1) is 13.7. The molecular weight excluding hydrogens is 371 g/mol. The van der Waals surface area contributed by atoms with Crippen LogP contribution in [0.25, 0.3) is 0 Å². The van der Waals surface area contributed by atoms with Gasteiger partial charge in [0.1, 0.15) is 12.4 Å². The van der Waals surface area contributed by atoms with Crippen LogP contribution in [0.5, 0.6) is 0 Å². The van der Waals surface area contributed by atoms with Crippen LogP contribution in [0.15, 0.2) is 47.3 Å². The summed E-state index contributed by atoms with van der Waals surface area (Å²) in [5, 5.41) is 5.78. The van der Waals surface area contributed by atoms with Gasteiger partial charge in [0.15, 0.2) is 0 Å². The number of nitrogens with zero attached hydrogens (tertiary/aromatic N) is 2. The number of aryl methyl sites for hydroxylation is 4. The number of rotatable bonds is 5. The third-order valence-electron chi connectivity index (χ3n) is 4.67. The number of nitrogens with one attached hydrogen (secondary N) is 2. The fraction of sp³-hybridized carbons (Fsp3) is 0.227. The molecule has 0 aliphatic carbocycles. The van der Waals surface area contributed by atoms with Gasteiger partial charge >= 0.3 is 0 Å². The maximum absolute atomic E-state index is 13.5. The minimum absolute atomic E-state index is 0.255. The molecule has 0 fully saturated rings. The topological polar surface area (TPSA) is 76.0 Å². The summed E-state index contributed by atoms with van der Waals surface area (Å²) < 4.78 is 14.7. The van der Waals surface area contributed by atoms with Crippen molar-refractivity contribution in [2.24, 2.45) is 0 Å². The largest absolute Gasteiger partial charge is 0.326 e. The van der Waals surface area contributed by atoms with Crippen LogP contribution in [0.4, 0.5) is 21.7 Å². The highest BCUT2D eigenvalue weighted by atomic mass is 19.1. The molecule has 0 saturated carbocycles. The number of halogens is 1. The molecule has 0 bridgehead atoms. The maximum atomic E-state index is 13.5. The van der Waals surface area contributed by atoms with Gasteiger partial charge in [-0.25, -0.2) is 9.37 Å². The lowest BCUT2D eigenvalue weighted by molar-refractivity contribution is -0.116. The first-order valence-corrected chi connectivity index (χ1v) is 9.21. The van der Waals surface area contributed by atoms with Crippen molar-refractivity contribution in [3.63, 3.8) is 0 Å². The Kier molecular flexibility index (Phi) is 5.77. The number of hydrogen-bond acceptors (Lipinski definition) is 4. The van der Waals surface area contributed by atoms with Crippen LogP contribution in [0.3, 0.4) is 0 Å². The van der Waals surface area contributed by atoms with Crippen molar-refractivity contribution in [1.82, 2.24) is 9.55 Å². The smallest absolute Gasteiger partial charge is 0.255 e. The quantitative estimate of drug-likeness (QED) is 0.686. The van der Waals surface area contributed by atoms with E-state index in [1.807, 2.05) is 32.0 Å². The minimum Gasteiger partial charge on any atom is -0.326 e. The second-order valence-corrected chi connectivity index (χ2v) is 7.08. The number of benzene rings is 2. The summed E-state index contributed by atoms with van der Waals surface area (Å²) in [5.41, 5.74) is 4.29. The predicted octanol–water partition coefficient (Wildman–Crippen LogP) is 4.00. The van der Waals surface area contributed by atoms with E-state index in [9.17, 15) is 14.0 Å². The number of anilines is 3. The van der Waals surface area contributed by atoms with Gasteiger partial charge in [0.2, 0.25) is 11.9 Å². The second-order valence-electron chi connectivity index (χ2n) is 7.08. The molecule has 0 spiro atoms. The Morgan fingerprint density at radius 2 is 1.72 bits per heavy atom. The van der Waals surface area contributed by atoms with Gasteiger partial charge < -0.3 is 10.6 Å². The van der Waals surface area contributed by atoms with Crippen LogP contribution in [0.2, 0.25) is 0 Å². The fourth-order valence-corrected chi connectivity index (χ4v) is 2.88. The highest BCUT2D eigenvalue weighted by Gasteiger charge is 2.13.